The van der Waals surface area contributed by atoms with Crippen molar-refractivity contribution in [3.8, 4) is 0 Å². The third kappa shape index (κ3) is 3.41. The number of non-ortho nitro benzene ring substituents is 2. The lowest BCUT2D eigenvalue weighted by Gasteiger charge is -2.10. The lowest BCUT2D eigenvalue weighted by atomic mass is 10.1. The smallest absolute Gasteiger partial charge is 0.277 e. The minimum absolute atomic E-state index is 0.182. The third-order valence-electron chi connectivity index (χ3n) is 2.98. The second-order valence-corrected chi connectivity index (χ2v) is 4.93. The number of hydrogen-bond donors (Lipinski definition) is 1. The zero-order valence-electron chi connectivity index (χ0n) is 11.5. The summed E-state index contributed by atoms with van der Waals surface area (Å²) in [7, 11) is 0. The molecule has 2 rings (SSSR count). The maximum Gasteiger partial charge on any atom is 0.277 e. The maximum atomic E-state index is 10.9. The summed E-state index contributed by atoms with van der Waals surface area (Å²) < 4.78 is 0. The van der Waals surface area contributed by atoms with Crippen molar-refractivity contribution >= 4 is 34.3 Å². The molecule has 8 heteroatoms. The van der Waals surface area contributed by atoms with Crippen LogP contribution in [-0.4, -0.2) is 14.8 Å². The van der Waals surface area contributed by atoms with Crippen LogP contribution in [0.5, 0.6) is 0 Å². The molecule has 0 saturated heterocycles. The van der Waals surface area contributed by atoms with Gasteiger partial charge in [0, 0.05) is 23.4 Å². The van der Waals surface area contributed by atoms with E-state index in [-0.39, 0.29) is 21.9 Å². The van der Waals surface area contributed by atoms with E-state index in [1.165, 1.54) is 12.1 Å². The first kappa shape index (κ1) is 15.5. The summed E-state index contributed by atoms with van der Waals surface area (Å²) in [4.78, 5) is 20.6. The van der Waals surface area contributed by atoms with Crippen LogP contribution in [0, 0.1) is 27.2 Å². The molecule has 7 nitrogen and oxygen atoms in total. The number of nitrogens with zero attached hydrogens (tertiary/aromatic N) is 2. The molecule has 2 aromatic carbocycles. The Kier molecular flexibility index (Phi) is 4.42. The Balaban J connectivity index is 2.39. The number of nitro benzene ring substituents is 2. The molecule has 1 N–H and O–H groups in total. The Hall–Kier alpha value is -2.87. The molecule has 0 bridgehead atoms. The zero-order valence-corrected chi connectivity index (χ0v) is 12.3. The minimum atomic E-state index is -0.688. The molecular weight excluding hydrogens is 306 g/mol. The molecule has 0 amide bonds. The Morgan fingerprint density at radius 2 is 1.59 bits per heavy atom. The van der Waals surface area contributed by atoms with Gasteiger partial charge in [-0.05, 0) is 18.6 Å². The molecule has 0 fully saturated rings. The molecule has 0 spiro atoms. The minimum Gasteiger partial charge on any atom is -0.346 e. The van der Waals surface area contributed by atoms with Gasteiger partial charge in [0.05, 0.1) is 15.9 Å². The van der Waals surface area contributed by atoms with Gasteiger partial charge in [-0.3, -0.25) is 20.2 Å². The molecule has 0 aliphatic heterocycles. The molecule has 2 aromatic rings. The number of aryl methyl sites for hydroxylation is 1. The van der Waals surface area contributed by atoms with Crippen molar-refractivity contribution in [2.45, 2.75) is 6.92 Å². The van der Waals surface area contributed by atoms with Crippen molar-refractivity contribution in [3.05, 3.63) is 73.8 Å². The highest BCUT2D eigenvalue weighted by molar-refractivity contribution is 7.81. The molecule has 0 unspecified atom stereocenters. The number of benzene rings is 2. The highest BCUT2D eigenvalue weighted by Crippen LogP contribution is 2.24. The van der Waals surface area contributed by atoms with E-state index in [4.69, 9.17) is 12.2 Å². The Bertz CT molecular complexity index is 744. The van der Waals surface area contributed by atoms with Crippen molar-refractivity contribution in [2.75, 3.05) is 5.32 Å². The summed E-state index contributed by atoms with van der Waals surface area (Å²) in [6, 6.07) is 10.7. The van der Waals surface area contributed by atoms with Gasteiger partial charge >= 0.3 is 0 Å². The number of para-hydroxylation sites is 1. The quantitative estimate of drug-likeness (QED) is 0.525. The lowest BCUT2D eigenvalue weighted by molar-refractivity contribution is -0.394. The Labute approximate surface area is 130 Å². The van der Waals surface area contributed by atoms with Crippen LogP contribution in [0.25, 0.3) is 0 Å². The fourth-order valence-corrected chi connectivity index (χ4v) is 2.07. The van der Waals surface area contributed by atoms with Crippen LogP contribution in [0.15, 0.2) is 42.5 Å². The van der Waals surface area contributed by atoms with Gasteiger partial charge in [0.2, 0.25) is 0 Å². The zero-order chi connectivity index (χ0) is 16.3. The molecule has 0 radical (unpaired) electrons. The van der Waals surface area contributed by atoms with Crippen molar-refractivity contribution in [2.24, 2.45) is 0 Å². The van der Waals surface area contributed by atoms with Crippen LogP contribution in [0.4, 0.5) is 17.1 Å². The fourth-order valence-electron chi connectivity index (χ4n) is 1.84. The standard InChI is InChI=1S/C14H11N3O4S/c1-9-4-2-3-5-13(9)15-14(22)10-6-11(16(18)19)8-12(7-10)17(20)21/h2-8H,1H3,(H,15,22). The summed E-state index contributed by atoms with van der Waals surface area (Å²) in [5, 5.41) is 24.7. The summed E-state index contributed by atoms with van der Waals surface area (Å²) in [6.07, 6.45) is 0. The molecule has 0 aliphatic rings. The van der Waals surface area contributed by atoms with Gasteiger partial charge in [-0.2, -0.15) is 0 Å². The number of anilines is 1. The molecule has 0 aromatic heterocycles. The van der Waals surface area contributed by atoms with Gasteiger partial charge in [0.1, 0.15) is 4.99 Å². The number of rotatable bonds is 4. The molecular formula is C14H11N3O4S. The van der Waals surface area contributed by atoms with Crippen molar-refractivity contribution in [1.82, 2.24) is 0 Å². The average molecular weight is 317 g/mol. The fraction of sp³-hybridized carbons (Fsp3) is 0.0714. The molecule has 0 saturated carbocycles. The second kappa shape index (κ2) is 6.27. The topological polar surface area (TPSA) is 98.3 Å². The van der Waals surface area contributed by atoms with E-state index < -0.39 is 9.85 Å². The number of hydrogen-bond acceptors (Lipinski definition) is 5. The van der Waals surface area contributed by atoms with E-state index in [1.54, 1.807) is 6.07 Å². The second-order valence-electron chi connectivity index (χ2n) is 4.52. The van der Waals surface area contributed by atoms with E-state index in [0.717, 1.165) is 17.3 Å². The SMILES string of the molecule is Cc1ccccc1NC(=S)c1cc([N+](=O)[O-])cc([N+](=O)[O-])c1. The van der Waals surface area contributed by atoms with Gasteiger partial charge in [0.15, 0.2) is 0 Å². The summed E-state index contributed by atoms with van der Waals surface area (Å²) >= 11 is 5.20. The van der Waals surface area contributed by atoms with Crippen LogP contribution < -0.4 is 5.32 Å². The molecule has 22 heavy (non-hydrogen) atoms. The predicted molar refractivity (Wildman–Crippen MR) is 86.3 cm³/mol. The van der Waals surface area contributed by atoms with Crippen LogP contribution in [0.3, 0.4) is 0 Å². The monoisotopic (exact) mass is 317 g/mol. The summed E-state index contributed by atoms with van der Waals surface area (Å²) in [5.41, 5.74) is 1.14. The van der Waals surface area contributed by atoms with Gasteiger partial charge in [0.25, 0.3) is 11.4 Å². The molecule has 0 heterocycles. The van der Waals surface area contributed by atoms with Crippen molar-refractivity contribution in [3.63, 3.8) is 0 Å². The van der Waals surface area contributed by atoms with Gasteiger partial charge < -0.3 is 5.32 Å². The predicted octanol–water partition coefficient (Wildman–Crippen LogP) is 3.60. The van der Waals surface area contributed by atoms with Crippen molar-refractivity contribution in [1.29, 1.82) is 0 Å². The third-order valence-corrected chi connectivity index (χ3v) is 3.32. The van der Waals surface area contributed by atoms with Crippen molar-refractivity contribution < 1.29 is 9.85 Å². The maximum absolute atomic E-state index is 10.9. The number of thiocarbonyl (C=S) groups is 1. The van der Waals surface area contributed by atoms with Crippen LogP contribution in [-0.2, 0) is 0 Å². The number of nitrogens with one attached hydrogen (secondary N) is 1. The number of nitro groups is 2. The van der Waals surface area contributed by atoms with Gasteiger partial charge in [-0.25, -0.2) is 0 Å². The van der Waals surface area contributed by atoms with Crippen LogP contribution in [0.2, 0.25) is 0 Å². The van der Waals surface area contributed by atoms with E-state index in [0.29, 0.717) is 0 Å². The first-order valence-electron chi connectivity index (χ1n) is 6.19. The first-order chi connectivity index (χ1) is 10.4. The summed E-state index contributed by atoms with van der Waals surface area (Å²) in [6.45, 7) is 1.88. The van der Waals surface area contributed by atoms with E-state index in [2.05, 4.69) is 5.32 Å². The average Bonchev–Trinajstić information content (AvgIpc) is 2.49. The van der Waals surface area contributed by atoms with E-state index in [1.807, 2.05) is 25.1 Å². The Morgan fingerprint density at radius 1 is 1.05 bits per heavy atom. The van der Waals surface area contributed by atoms with Gasteiger partial charge in [-0.15, -0.1) is 0 Å². The van der Waals surface area contributed by atoms with E-state index in [9.17, 15) is 20.2 Å². The highest BCUT2D eigenvalue weighted by Gasteiger charge is 2.18. The highest BCUT2D eigenvalue weighted by atomic mass is 32.1. The molecule has 0 atom stereocenters. The van der Waals surface area contributed by atoms with Crippen LogP contribution >= 0.6 is 12.2 Å². The first-order valence-corrected chi connectivity index (χ1v) is 6.60. The Morgan fingerprint density at radius 3 is 2.09 bits per heavy atom. The molecule has 0 aliphatic carbocycles. The lowest BCUT2D eigenvalue weighted by Crippen LogP contribution is -2.12. The summed E-state index contributed by atoms with van der Waals surface area (Å²) in [5.74, 6) is 0. The van der Waals surface area contributed by atoms with E-state index >= 15 is 0 Å². The normalized spacial score (nSPS) is 10.0. The largest absolute Gasteiger partial charge is 0.346 e. The van der Waals surface area contributed by atoms with Crippen LogP contribution in [0.1, 0.15) is 11.1 Å². The van der Waals surface area contributed by atoms with Gasteiger partial charge in [-0.1, -0.05) is 30.4 Å². The molecule has 112 valence electrons.